The summed E-state index contributed by atoms with van der Waals surface area (Å²) in [7, 11) is -3.22. The van der Waals surface area contributed by atoms with E-state index in [1.807, 2.05) is 33.0 Å². The molecule has 39 nitrogen and oxygen atoms in total. The van der Waals surface area contributed by atoms with Crippen LogP contribution in [0, 0.1) is 23.3 Å². The number of nitrogen functional groups attached to an aromatic ring is 1. The zero-order valence-electron chi connectivity index (χ0n) is 72.9. The largest absolute Gasteiger partial charge is 0.475 e. The molecule has 4 aromatic carbocycles. The van der Waals surface area contributed by atoms with Gasteiger partial charge in [0, 0.05) is 83.1 Å². The van der Waals surface area contributed by atoms with Gasteiger partial charge in [0.05, 0.1) is 68.6 Å². The van der Waals surface area contributed by atoms with E-state index in [0.29, 0.717) is 55.0 Å². The van der Waals surface area contributed by atoms with Gasteiger partial charge in [0.25, 0.3) is 29.1 Å². The zero-order chi connectivity index (χ0) is 103. The molecule has 6 heterocycles. The van der Waals surface area contributed by atoms with Crippen LogP contribution in [0.4, 0.5) is 78.9 Å². The van der Waals surface area contributed by atoms with E-state index in [1.54, 1.807) is 55.6 Å². The van der Waals surface area contributed by atoms with Crippen molar-refractivity contribution in [1.29, 1.82) is 0 Å². The average molecular weight is 2040 g/mol. The number of esters is 1. The van der Waals surface area contributed by atoms with Crippen LogP contribution in [-0.2, 0) is 94.3 Å². The van der Waals surface area contributed by atoms with Crippen molar-refractivity contribution < 1.29 is 185 Å². The third kappa shape index (κ3) is 49.7. The molecule has 5 N–H and O–H groups in total. The van der Waals surface area contributed by atoms with Gasteiger partial charge in [0.1, 0.15) is 79.5 Å². The maximum Gasteiger partial charge on any atom is 0.450 e. The number of aliphatic imine (C=N–C) groups is 1. The van der Waals surface area contributed by atoms with Gasteiger partial charge in [-0.2, -0.15) is 82.9 Å². The number of aromatic nitrogens is 6. The second kappa shape index (κ2) is 66.6. The molecule has 0 spiro atoms. The number of amides is 4. The van der Waals surface area contributed by atoms with E-state index in [2.05, 4.69) is 34.0 Å². The number of nitrogens with two attached hydrogens (primary N) is 1. The average Bonchev–Trinajstić information content (AvgIpc) is 0.769. The highest BCUT2D eigenvalue weighted by atomic mass is 32.3. The minimum Gasteiger partial charge on any atom is -0.475 e. The number of pyridine rings is 4. The molecule has 0 saturated carbocycles. The molecule has 10 rings (SSSR count). The summed E-state index contributed by atoms with van der Waals surface area (Å²) in [4.78, 5) is 176. The molecule has 54 heteroatoms. The third-order valence-corrected chi connectivity index (χ3v) is 15.0. The summed E-state index contributed by atoms with van der Waals surface area (Å²) in [5, 5.41) is 9.57. The Hall–Kier alpha value is -15.8. The fourth-order valence-corrected chi connectivity index (χ4v) is 9.17. The van der Waals surface area contributed by atoms with Crippen LogP contribution in [0.2, 0.25) is 0 Å². The van der Waals surface area contributed by atoms with Crippen LogP contribution in [0.15, 0.2) is 167 Å². The Kier molecular flexibility index (Phi) is 63.1. The van der Waals surface area contributed by atoms with Crippen molar-refractivity contribution in [2.75, 3.05) is 61.5 Å². The molecule has 769 valence electrons. The number of urea groups is 1. The van der Waals surface area contributed by atoms with Crippen LogP contribution in [0.5, 0.6) is 69.5 Å². The number of anilines is 3. The van der Waals surface area contributed by atoms with Gasteiger partial charge < -0.3 is 58.2 Å². The van der Waals surface area contributed by atoms with Crippen molar-refractivity contribution in [3.8, 4) is 75.2 Å². The molecule has 0 atom stereocenters. The Balaban J connectivity index is -0.000000531. The number of alkyl halides is 9. The molecular formula is C87H97BF13N10O29S. The van der Waals surface area contributed by atoms with Crippen LogP contribution in [-0.4, -0.2) is 175 Å². The molecule has 0 unspecified atom stereocenters. The molecule has 9 aromatic rings. The maximum atomic E-state index is 14.4. The fraction of sp³-hybridized carbons (Fsp3) is 0.322. The summed E-state index contributed by atoms with van der Waals surface area (Å²) in [6.07, 6.45) is -5.81. The first-order valence-electron chi connectivity index (χ1n) is 38.0. The molecule has 0 aliphatic carbocycles. The lowest BCUT2D eigenvalue weighted by Crippen LogP contribution is -2.44. The van der Waals surface area contributed by atoms with Gasteiger partial charge in [-0.25, -0.2) is 66.0 Å². The smallest absolute Gasteiger partial charge is 0.450 e. The molecule has 1 aliphatic heterocycles. The van der Waals surface area contributed by atoms with Crippen LogP contribution < -0.4 is 65.1 Å². The van der Waals surface area contributed by atoms with E-state index in [4.69, 9.17) is 91.8 Å². The number of carbonyl (C=O) groups excluding carboxylic acids is 14. The minimum atomic E-state index is -5.14. The Labute approximate surface area is 797 Å². The number of nitrogens with one attached hydrogen (secondary N) is 1. The molecule has 0 bridgehead atoms. The third-order valence-electron chi connectivity index (χ3n) is 14.6. The van der Waals surface area contributed by atoms with Gasteiger partial charge in [0.2, 0.25) is 17.6 Å². The molecule has 141 heavy (non-hydrogen) atoms. The Morgan fingerprint density at radius 3 is 1.17 bits per heavy atom. The number of hydrogen-bond acceptors (Lipinski definition) is 33. The van der Waals surface area contributed by atoms with Crippen molar-refractivity contribution in [3.05, 3.63) is 202 Å². The highest BCUT2D eigenvalue weighted by Gasteiger charge is 2.44. The quantitative estimate of drug-likeness (QED) is 0.00643. The first-order valence-corrected chi connectivity index (χ1v) is 40.7. The lowest BCUT2D eigenvalue weighted by atomic mass is 10.1. The standard InChI is InChI=1S/C20H17F4N3O4.C19H15F4N3O4.C18H16F4N2O4.C14H15FN2O2.C6H10O3.C2H8O4S.4CO2.4CH4.B/c1-3-9-30-18-15(5-4-8-25-18)31-12-6-7-13(21)14(10-12)27-17(28)11-16(20(22,23)24)26(2)19(27)29;1-2-8-29-17-14(4-3-7-24-17)30-11-5-6-12(20)13(9-11)26-16(27)10-15(19(21,22)23)25-18(26)28;1-2-8-27-17-14(4-3-7-23-17)28-11-5-6-12(19)13(9-11)24-16(26)10-15(25)18(20,21)22;1-2-8-18-14-13(4-3-7-17-14)19-10-5-6-11(15)12(16)9-10;1-3-9-6(8)4-5(2)7;1-7(2,4,5)6-3;4*2-1-3;;;;;/h4-8,10-11H,3,9H2,1-2H3;3-7,9H,2,8,10H2,1H3;3-7,9H,2,8,10H2,1H3,(H,24,26);3-7,9H,2,8,16H2,1H3;3-4H2,1-2H3;3H,1-2H3,(H,4,5);;;;;4*1H4;. The van der Waals surface area contributed by atoms with Crippen LogP contribution in [0.1, 0.15) is 122 Å². The van der Waals surface area contributed by atoms with E-state index in [1.165, 1.54) is 68.0 Å². The zero-order valence-corrected chi connectivity index (χ0v) is 73.7. The van der Waals surface area contributed by atoms with Crippen LogP contribution in [0.3, 0.4) is 0 Å². The van der Waals surface area contributed by atoms with E-state index in [9.17, 15) is 99.6 Å². The predicted octanol–water partition coefficient (Wildman–Crippen LogP) is 16.3. The monoisotopic (exact) mass is 2040 g/mol. The number of ether oxygens (including phenoxy) is 9. The second-order valence-electron chi connectivity index (χ2n) is 25.8. The number of halogens is 13. The predicted molar refractivity (Wildman–Crippen MR) is 473 cm³/mol. The van der Waals surface area contributed by atoms with Crippen molar-refractivity contribution in [3.63, 3.8) is 0 Å². The summed E-state index contributed by atoms with van der Waals surface area (Å²) in [5.41, 5.74) is -1.71. The summed E-state index contributed by atoms with van der Waals surface area (Å²) in [6, 6.07) is 25.3. The van der Waals surface area contributed by atoms with E-state index < -0.39 is 134 Å². The van der Waals surface area contributed by atoms with Gasteiger partial charge in [-0.15, -0.1) is 4.33 Å². The van der Waals surface area contributed by atoms with E-state index >= 15 is 0 Å². The normalized spacial score (nSPS) is 10.9. The topological polar surface area (TPSA) is 538 Å². The number of hydrogen-bond donors (Lipinski definition) is 4. The number of rotatable bonds is 29. The van der Waals surface area contributed by atoms with Gasteiger partial charge in [0.15, 0.2) is 23.0 Å². The van der Waals surface area contributed by atoms with E-state index in [0.717, 1.165) is 81.6 Å². The minimum absolute atomic E-state index is 0. The molecule has 0 fully saturated rings. The molecule has 4 amide bonds. The molecular weight excluding hydrogens is 1940 g/mol. The number of nitrogens with zero attached hydrogens (tertiary/aromatic N) is 8. The molecule has 0 saturated heterocycles. The number of imide groups is 1. The van der Waals surface area contributed by atoms with Crippen LogP contribution >= 0.6 is 0 Å². The SMILES string of the molecule is C.C.C.C.CCCOc1ncccc1Oc1ccc(F)c(-n2c(=O)cc(C(F)(F)F)n(C)c2=O)c1.CCCOc1ncccc1Oc1ccc(F)c(N)c1.CCCOc1ncccc1Oc1ccc(F)c(N2C(=O)CC(C(F)(F)F)=NC2=O)c1.CCCOc1ncccc1Oc1ccc(F)c(NC(=O)CC(=O)C(F)(F)F)c1.CCOC(=O)CC(C)=O.CS(C)(=O)(O)OO.O=C=O.O=C=O.O=C=O.O=C=O.[B]. The summed E-state index contributed by atoms with van der Waals surface area (Å²) >= 11 is 0. The summed E-state index contributed by atoms with van der Waals surface area (Å²) in [6.45, 7) is 12.8. The molecule has 1 aliphatic rings. The van der Waals surface area contributed by atoms with E-state index in [-0.39, 0.29) is 148 Å². The lowest BCUT2D eigenvalue weighted by molar-refractivity contribution is -0.193. The summed E-state index contributed by atoms with van der Waals surface area (Å²) in [5.74, 6) is -6.18. The Bertz CT molecular complexity index is 5830. The highest BCUT2D eigenvalue weighted by molar-refractivity contribution is 8.09. The number of ketones is 2. The van der Waals surface area contributed by atoms with Gasteiger partial charge in [-0.05, 0) is 137 Å². The van der Waals surface area contributed by atoms with Crippen LogP contribution in [0.25, 0.3) is 5.69 Å². The number of Topliss-reactive ketones (excluding diaryl/α,β-unsaturated/α-hetero) is 2. The maximum absolute atomic E-state index is 14.4. The highest BCUT2D eigenvalue weighted by Crippen LogP contribution is 2.38. The van der Waals surface area contributed by atoms with Crippen molar-refractivity contribution in [2.24, 2.45) is 12.0 Å². The molecule has 3 radical (unpaired) electrons. The summed E-state index contributed by atoms with van der Waals surface area (Å²) < 4.78 is 241. The van der Waals surface area contributed by atoms with Crippen molar-refractivity contribution in [1.82, 2.24) is 29.1 Å². The lowest BCUT2D eigenvalue weighted by Gasteiger charge is -2.25. The van der Waals surface area contributed by atoms with Crippen molar-refractivity contribution >= 4 is 101 Å². The Morgan fingerprint density at radius 2 is 0.851 bits per heavy atom. The first kappa shape index (κ1) is 134. The first-order chi connectivity index (χ1) is 63.9. The fourth-order valence-electron chi connectivity index (χ4n) is 9.17. The van der Waals surface area contributed by atoms with Gasteiger partial charge >= 0.3 is 60.8 Å². The second-order valence-corrected chi connectivity index (χ2v) is 29.2. The van der Waals surface area contributed by atoms with Crippen molar-refractivity contribution in [2.45, 2.75) is 135 Å². The molecule has 5 aromatic heterocycles. The Morgan fingerprint density at radius 1 is 0.511 bits per heavy atom. The number of carbonyl (C=O) groups is 6. The van der Waals surface area contributed by atoms with Gasteiger partial charge in [-0.3, -0.25) is 33.3 Å². The number of benzene rings is 4. The van der Waals surface area contributed by atoms with Gasteiger partial charge in [-0.1, -0.05) is 57.4 Å².